The van der Waals surface area contributed by atoms with E-state index in [-0.39, 0.29) is 11.7 Å². The summed E-state index contributed by atoms with van der Waals surface area (Å²) in [6.07, 6.45) is 0.879. The molecule has 0 saturated heterocycles. The molecule has 0 aliphatic carbocycles. The van der Waals surface area contributed by atoms with Crippen LogP contribution in [0.15, 0.2) is 48.5 Å². The fraction of sp³-hybridized carbons (Fsp3) is 0.294. The molecule has 1 unspecified atom stereocenters. The van der Waals surface area contributed by atoms with Crippen LogP contribution in [0.4, 0.5) is 4.39 Å². The molecular weight excluding hydrogens is 303 g/mol. The van der Waals surface area contributed by atoms with Crippen molar-refractivity contribution >= 4 is 10.1 Å². The van der Waals surface area contributed by atoms with Crippen molar-refractivity contribution in [2.45, 2.75) is 31.9 Å². The molecule has 0 radical (unpaired) electrons. The summed E-state index contributed by atoms with van der Waals surface area (Å²) in [6.45, 7) is 4.05. The van der Waals surface area contributed by atoms with E-state index >= 15 is 0 Å². The van der Waals surface area contributed by atoms with Gasteiger partial charge in [-0.1, -0.05) is 44.2 Å². The van der Waals surface area contributed by atoms with E-state index in [2.05, 4.69) is 0 Å². The normalized spacial score (nSPS) is 12.9. The molecule has 0 N–H and O–H groups in total. The van der Waals surface area contributed by atoms with E-state index in [4.69, 9.17) is 4.18 Å². The summed E-state index contributed by atoms with van der Waals surface area (Å²) in [6, 6.07) is 12.6. The summed E-state index contributed by atoms with van der Waals surface area (Å²) in [5.41, 5.74) is 1.22. The molecule has 0 bridgehead atoms. The summed E-state index contributed by atoms with van der Waals surface area (Å²) in [7, 11) is -3.84. The molecule has 2 aromatic rings. The van der Waals surface area contributed by atoms with Crippen LogP contribution in [0.5, 0.6) is 5.75 Å². The van der Waals surface area contributed by atoms with Crippen molar-refractivity contribution in [1.82, 2.24) is 0 Å². The van der Waals surface area contributed by atoms with E-state index in [9.17, 15) is 12.8 Å². The molecule has 0 aliphatic rings. The molecule has 0 heterocycles. The van der Waals surface area contributed by atoms with Crippen molar-refractivity contribution in [2.24, 2.45) is 0 Å². The lowest BCUT2D eigenvalue weighted by Gasteiger charge is -2.15. The first kappa shape index (κ1) is 16.5. The summed E-state index contributed by atoms with van der Waals surface area (Å²) in [5, 5.41) is 0. The second-order valence-electron chi connectivity index (χ2n) is 5.26. The summed E-state index contributed by atoms with van der Waals surface area (Å²) in [5.74, 6) is -0.291. The van der Waals surface area contributed by atoms with Gasteiger partial charge in [0.2, 0.25) is 0 Å². The smallest absolute Gasteiger partial charge is 0.313 e. The van der Waals surface area contributed by atoms with Gasteiger partial charge >= 0.3 is 10.1 Å². The predicted octanol–water partition coefficient (Wildman–Crippen LogP) is 4.25. The Balaban J connectivity index is 2.22. The van der Waals surface area contributed by atoms with E-state index in [1.807, 2.05) is 26.0 Å². The van der Waals surface area contributed by atoms with Crippen LogP contribution in [0.25, 0.3) is 0 Å². The van der Waals surface area contributed by atoms with Gasteiger partial charge in [-0.2, -0.15) is 8.42 Å². The first-order chi connectivity index (χ1) is 10.4. The van der Waals surface area contributed by atoms with Crippen molar-refractivity contribution in [1.29, 1.82) is 0 Å². The van der Waals surface area contributed by atoms with Crippen LogP contribution in [0.3, 0.4) is 0 Å². The Hall–Kier alpha value is -1.88. The van der Waals surface area contributed by atoms with Gasteiger partial charge < -0.3 is 4.18 Å². The average molecular weight is 322 g/mol. The largest absolute Gasteiger partial charge is 0.382 e. The number of halogens is 1. The Bertz CT molecular complexity index is 741. The maximum atomic E-state index is 13.1. The van der Waals surface area contributed by atoms with Crippen LogP contribution in [0.1, 0.15) is 37.3 Å². The predicted molar refractivity (Wildman–Crippen MR) is 84.8 cm³/mol. The monoisotopic (exact) mass is 322 g/mol. The topological polar surface area (TPSA) is 43.4 Å². The highest BCUT2D eigenvalue weighted by atomic mass is 32.2. The first-order valence-corrected chi connectivity index (χ1v) is 8.74. The van der Waals surface area contributed by atoms with E-state index in [1.165, 1.54) is 18.2 Å². The fourth-order valence-corrected chi connectivity index (χ4v) is 3.25. The van der Waals surface area contributed by atoms with Crippen LogP contribution in [-0.2, 0) is 15.9 Å². The maximum Gasteiger partial charge on any atom is 0.313 e. The quantitative estimate of drug-likeness (QED) is 0.747. The van der Waals surface area contributed by atoms with E-state index in [0.717, 1.165) is 12.0 Å². The van der Waals surface area contributed by atoms with Gasteiger partial charge in [-0.15, -0.1) is 0 Å². The molecule has 0 spiro atoms. The standard InChI is InChI=1S/C17H19FO3S/c1-3-13(2)16-9-4-5-10-17(16)21-22(19,20)12-14-7-6-8-15(18)11-14/h4-11,13H,3,12H2,1-2H3. The molecule has 0 aliphatic heterocycles. The highest BCUT2D eigenvalue weighted by molar-refractivity contribution is 7.86. The third kappa shape index (κ3) is 4.31. The summed E-state index contributed by atoms with van der Waals surface area (Å²) >= 11 is 0. The summed E-state index contributed by atoms with van der Waals surface area (Å²) < 4.78 is 42.8. The lowest BCUT2D eigenvalue weighted by atomic mass is 9.98. The lowest BCUT2D eigenvalue weighted by molar-refractivity contribution is 0.478. The zero-order valence-electron chi connectivity index (χ0n) is 12.6. The van der Waals surface area contributed by atoms with Gasteiger partial charge in [-0.25, -0.2) is 4.39 Å². The van der Waals surface area contributed by atoms with Crippen LogP contribution in [0, 0.1) is 5.82 Å². The van der Waals surface area contributed by atoms with Gasteiger partial charge in [0.05, 0.1) is 0 Å². The van der Waals surface area contributed by atoms with Gasteiger partial charge in [-0.05, 0) is 41.7 Å². The molecule has 0 saturated carbocycles. The fourth-order valence-electron chi connectivity index (χ4n) is 2.18. The van der Waals surface area contributed by atoms with E-state index < -0.39 is 15.9 Å². The van der Waals surface area contributed by atoms with Gasteiger partial charge in [0.25, 0.3) is 0 Å². The molecule has 118 valence electrons. The third-order valence-corrected chi connectivity index (χ3v) is 4.63. The van der Waals surface area contributed by atoms with Crippen molar-refractivity contribution < 1.29 is 17.0 Å². The number of rotatable bonds is 6. The SMILES string of the molecule is CCC(C)c1ccccc1OS(=O)(=O)Cc1cccc(F)c1. The molecule has 0 fully saturated rings. The third-order valence-electron chi connectivity index (χ3n) is 3.51. The van der Waals surface area contributed by atoms with Crippen LogP contribution in [0.2, 0.25) is 0 Å². The van der Waals surface area contributed by atoms with Crippen LogP contribution < -0.4 is 4.18 Å². The second-order valence-corrected chi connectivity index (χ2v) is 6.83. The zero-order chi connectivity index (χ0) is 16.2. The highest BCUT2D eigenvalue weighted by Gasteiger charge is 2.18. The Morgan fingerprint density at radius 1 is 1.14 bits per heavy atom. The van der Waals surface area contributed by atoms with Gasteiger partial charge in [0.15, 0.2) is 0 Å². The minimum absolute atomic E-state index is 0.195. The molecule has 0 aromatic heterocycles. The molecule has 1 atom stereocenters. The summed E-state index contributed by atoms with van der Waals surface area (Å²) in [4.78, 5) is 0. The average Bonchev–Trinajstić information content (AvgIpc) is 2.46. The second kappa shape index (κ2) is 6.92. The minimum Gasteiger partial charge on any atom is -0.382 e. The Morgan fingerprint density at radius 2 is 1.86 bits per heavy atom. The Kier molecular flexibility index (Phi) is 5.19. The molecule has 3 nitrogen and oxygen atoms in total. The van der Waals surface area contributed by atoms with Crippen molar-refractivity contribution in [3.05, 3.63) is 65.5 Å². The van der Waals surface area contributed by atoms with Crippen LogP contribution in [-0.4, -0.2) is 8.42 Å². The molecule has 22 heavy (non-hydrogen) atoms. The minimum atomic E-state index is -3.84. The van der Waals surface area contributed by atoms with Crippen molar-refractivity contribution in [2.75, 3.05) is 0 Å². The number of hydrogen-bond acceptors (Lipinski definition) is 3. The molecule has 2 rings (SSSR count). The van der Waals surface area contributed by atoms with Crippen LogP contribution >= 0.6 is 0 Å². The van der Waals surface area contributed by atoms with Crippen molar-refractivity contribution in [3.8, 4) is 5.75 Å². The number of benzene rings is 2. The maximum absolute atomic E-state index is 13.1. The Morgan fingerprint density at radius 3 is 2.55 bits per heavy atom. The van der Waals surface area contributed by atoms with E-state index in [1.54, 1.807) is 18.2 Å². The molecular formula is C17H19FO3S. The molecule has 5 heteroatoms. The first-order valence-electron chi connectivity index (χ1n) is 7.17. The zero-order valence-corrected chi connectivity index (χ0v) is 13.4. The molecule has 2 aromatic carbocycles. The van der Waals surface area contributed by atoms with Gasteiger partial charge in [0, 0.05) is 0 Å². The van der Waals surface area contributed by atoms with Crippen molar-refractivity contribution in [3.63, 3.8) is 0 Å². The highest BCUT2D eigenvalue weighted by Crippen LogP contribution is 2.29. The number of hydrogen-bond donors (Lipinski definition) is 0. The van der Waals surface area contributed by atoms with Gasteiger partial charge in [0.1, 0.15) is 17.3 Å². The number of para-hydroxylation sites is 1. The Labute approximate surface area is 130 Å². The molecule has 0 amide bonds. The van der Waals surface area contributed by atoms with Gasteiger partial charge in [-0.3, -0.25) is 0 Å². The van der Waals surface area contributed by atoms with E-state index in [0.29, 0.717) is 11.3 Å². The lowest BCUT2D eigenvalue weighted by Crippen LogP contribution is -2.13.